The highest BCUT2D eigenvalue weighted by molar-refractivity contribution is 5.84. The highest BCUT2D eigenvalue weighted by Crippen LogP contribution is 2.26. The summed E-state index contributed by atoms with van der Waals surface area (Å²) in [5, 5.41) is 2.85. The van der Waals surface area contributed by atoms with Crippen LogP contribution in [0, 0.1) is 5.41 Å². The molecule has 0 saturated carbocycles. The lowest BCUT2D eigenvalue weighted by Crippen LogP contribution is -2.58. The van der Waals surface area contributed by atoms with E-state index in [0.29, 0.717) is 26.3 Å². The minimum absolute atomic E-state index is 0.0369. The van der Waals surface area contributed by atoms with Gasteiger partial charge in [-0.15, -0.1) is 0 Å². The van der Waals surface area contributed by atoms with Gasteiger partial charge in [-0.2, -0.15) is 0 Å². The summed E-state index contributed by atoms with van der Waals surface area (Å²) in [5.74, 6) is -0.0369. The second kappa shape index (κ2) is 4.59. The standard InChI is InChI=1S/C11H15N3O2/c12-6-11(7-16-8-11)10(15)14-5-9-2-1-3-13-4-9/h1-4H,5-8,12H2,(H,14,15). The van der Waals surface area contributed by atoms with Gasteiger partial charge >= 0.3 is 0 Å². The zero-order valence-electron chi connectivity index (χ0n) is 8.98. The van der Waals surface area contributed by atoms with Crippen LogP contribution in [-0.4, -0.2) is 30.6 Å². The number of pyridine rings is 1. The van der Waals surface area contributed by atoms with Crippen LogP contribution in [0.25, 0.3) is 0 Å². The third kappa shape index (κ3) is 2.05. The van der Waals surface area contributed by atoms with Crippen LogP contribution < -0.4 is 11.1 Å². The van der Waals surface area contributed by atoms with E-state index in [9.17, 15) is 4.79 Å². The Balaban J connectivity index is 1.89. The number of carbonyl (C=O) groups excluding carboxylic acids is 1. The molecule has 0 radical (unpaired) electrons. The molecule has 1 aliphatic heterocycles. The van der Waals surface area contributed by atoms with E-state index in [-0.39, 0.29) is 5.91 Å². The summed E-state index contributed by atoms with van der Waals surface area (Å²) >= 11 is 0. The van der Waals surface area contributed by atoms with Gasteiger partial charge in [0.05, 0.1) is 13.2 Å². The van der Waals surface area contributed by atoms with Gasteiger partial charge in [-0.05, 0) is 11.6 Å². The van der Waals surface area contributed by atoms with Crippen molar-refractivity contribution in [3.8, 4) is 0 Å². The zero-order valence-corrected chi connectivity index (χ0v) is 8.98. The number of hydrogen-bond acceptors (Lipinski definition) is 4. The van der Waals surface area contributed by atoms with Crippen LogP contribution in [0.3, 0.4) is 0 Å². The molecule has 1 fully saturated rings. The van der Waals surface area contributed by atoms with Crippen LogP contribution in [0.5, 0.6) is 0 Å². The summed E-state index contributed by atoms with van der Waals surface area (Å²) in [6.45, 7) is 1.64. The Morgan fingerprint density at radius 2 is 2.44 bits per heavy atom. The Bertz CT molecular complexity index is 357. The third-order valence-electron chi connectivity index (χ3n) is 2.80. The summed E-state index contributed by atoms with van der Waals surface area (Å²) in [7, 11) is 0. The van der Waals surface area contributed by atoms with Crippen molar-refractivity contribution in [3.63, 3.8) is 0 Å². The summed E-state index contributed by atoms with van der Waals surface area (Å²) in [6.07, 6.45) is 3.43. The number of nitrogens with one attached hydrogen (secondary N) is 1. The van der Waals surface area contributed by atoms with Gasteiger partial charge in [-0.1, -0.05) is 6.07 Å². The Hall–Kier alpha value is -1.46. The van der Waals surface area contributed by atoms with Crippen LogP contribution in [-0.2, 0) is 16.1 Å². The highest BCUT2D eigenvalue weighted by atomic mass is 16.5. The van der Waals surface area contributed by atoms with Crippen molar-refractivity contribution in [1.29, 1.82) is 0 Å². The van der Waals surface area contributed by atoms with Crippen LogP contribution in [0.1, 0.15) is 5.56 Å². The molecular formula is C11H15N3O2. The molecule has 1 amide bonds. The van der Waals surface area contributed by atoms with Crippen molar-refractivity contribution >= 4 is 5.91 Å². The van der Waals surface area contributed by atoms with Crippen molar-refractivity contribution in [2.75, 3.05) is 19.8 Å². The summed E-state index contributed by atoms with van der Waals surface area (Å²) in [6, 6.07) is 3.76. The second-order valence-electron chi connectivity index (χ2n) is 4.02. The smallest absolute Gasteiger partial charge is 0.232 e. The molecule has 3 N–H and O–H groups in total. The van der Waals surface area contributed by atoms with Gasteiger partial charge in [-0.3, -0.25) is 9.78 Å². The number of ether oxygens (including phenoxy) is 1. The van der Waals surface area contributed by atoms with Crippen molar-refractivity contribution in [2.24, 2.45) is 11.1 Å². The third-order valence-corrected chi connectivity index (χ3v) is 2.80. The van der Waals surface area contributed by atoms with E-state index >= 15 is 0 Å². The molecule has 2 heterocycles. The van der Waals surface area contributed by atoms with Crippen molar-refractivity contribution in [1.82, 2.24) is 10.3 Å². The van der Waals surface area contributed by atoms with E-state index in [1.54, 1.807) is 12.4 Å². The molecule has 86 valence electrons. The summed E-state index contributed by atoms with van der Waals surface area (Å²) < 4.78 is 5.05. The minimum Gasteiger partial charge on any atom is -0.379 e. The summed E-state index contributed by atoms with van der Waals surface area (Å²) in [5.41, 5.74) is 6.05. The van der Waals surface area contributed by atoms with Gasteiger partial charge in [-0.25, -0.2) is 0 Å². The van der Waals surface area contributed by atoms with E-state index in [4.69, 9.17) is 10.5 Å². The predicted molar refractivity (Wildman–Crippen MR) is 58.4 cm³/mol. The first kappa shape index (κ1) is 11.0. The van der Waals surface area contributed by atoms with E-state index in [2.05, 4.69) is 10.3 Å². The first-order valence-electron chi connectivity index (χ1n) is 5.22. The van der Waals surface area contributed by atoms with Crippen LogP contribution >= 0.6 is 0 Å². The molecule has 1 aliphatic rings. The van der Waals surface area contributed by atoms with E-state index in [0.717, 1.165) is 5.56 Å². The Morgan fingerprint density at radius 3 is 2.94 bits per heavy atom. The maximum Gasteiger partial charge on any atom is 0.232 e. The van der Waals surface area contributed by atoms with Crippen LogP contribution in [0.2, 0.25) is 0 Å². The van der Waals surface area contributed by atoms with Gasteiger partial charge in [0.15, 0.2) is 0 Å². The van der Waals surface area contributed by atoms with E-state index in [1.165, 1.54) is 0 Å². The number of amides is 1. The van der Waals surface area contributed by atoms with Crippen molar-refractivity contribution < 1.29 is 9.53 Å². The Kier molecular flexibility index (Phi) is 3.17. The molecule has 16 heavy (non-hydrogen) atoms. The number of nitrogens with zero attached hydrogens (tertiary/aromatic N) is 1. The number of nitrogens with two attached hydrogens (primary N) is 1. The molecule has 1 aromatic heterocycles. The molecule has 0 aromatic carbocycles. The minimum atomic E-state index is -0.512. The SMILES string of the molecule is NCC1(C(=O)NCc2cccnc2)COC1. The summed E-state index contributed by atoms with van der Waals surface area (Å²) in [4.78, 5) is 15.8. The van der Waals surface area contributed by atoms with E-state index < -0.39 is 5.41 Å². The van der Waals surface area contributed by atoms with Gasteiger partial charge in [0.1, 0.15) is 5.41 Å². The molecule has 0 spiro atoms. The monoisotopic (exact) mass is 221 g/mol. The topological polar surface area (TPSA) is 77.2 Å². The lowest BCUT2D eigenvalue weighted by atomic mass is 9.85. The molecule has 2 rings (SSSR count). The fourth-order valence-corrected chi connectivity index (χ4v) is 1.56. The van der Waals surface area contributed by atoms with Gasteiger partial charge < -0.3 is 15.8 Å². The van der Waals surface area contributed by atoms with Gasteiger partial charge in [0, 0.05) is 25.5 Å². The quantitative estimate of drug-likeness (QED) is 0.730. The molecule has 0 aliphatic carbocycles. The molecule has 0 atom stereocenters. The fourth-order valence-electron chi connectivity index (χ4n) is 1.56. The lowest BCUT2D eigenvalue weighted by molar-refractivity contribution is -0.159. The molecule has 1 saturated heterocycles. The van der Waals surface area contributed by atoms with Crippen LogP contribution in [0.4, 0.5) is 0 Å². The molecule has 5 nitrogen and oxygen atoms in total. The molecule has 0 bridgehead atoms. The highest BCUT2D eigenvalue weighted by Gasteiger charge is 2.44. The number of carbonyl (C=O) groups is 1. The maximum absolute atomic E-state index is 11.9. The maximum atomic E-state index is 11.9. The van der Waals surface area contributed by atoms with Gasteiger partial charge in [0.25, 0.3) is 0 Å². The van der Waals surface area contributed by atoms with Gasteiger partial charge in [0.2, 0.25) is 5.91 Å². The Labute approximate surface area is 94.0 Å². The first-order chi connectivity index (χ1) is 7.77. The molecule has 5 heteroatoms. The van der Waals surface area contributed by atoms with Crippen LogP contribution in [0.15, 0.2) is 24.5 Å². The van der Waals surface area contributed by atoms with E-state index in [1.807, 2.05) is 12.1 Å². The second-order valence-corrected chi connectivity index (χ2v) is 4.02. The Morgan fingerprint density at radius 1 is 1.62 bits per heavy atom. The molecular weight excluding hydrogens is 206 g/mol. The number of rotatable bonds is 4. The normalized spacial score (nSPS) is 17.6. The first-order valence-corrected chi connectivity index (χ1v) is 5.22. The fraction of sp³-hybridized carbons (Fsp3) is 0.455. The average Bonchev–Trinajstić information content (AvgIpc) is 2.27. The van der Waals surface area contributed by atoms with Crippen molar-refractivity contribution in [3.05, 3.63) is 30.1 Å². The average molecular weight is 221 g/mol. The predicted octanol–water partition coefficient (Wildman–Crippen LogP) is -0.327. The van der Waals surface area contributed by atoms with Crippen molar-refractivity contribution in [2.45, 2.75) is 6.54 Å². The number of hydrogen-bond donors (Lipinski definition) is 2. The zero-order chi connectivity index (χ0) is 11.4. The largest absolute Gasteiger partial charge is 0.379 e. The molecule has 0 unspecified atom stereocenters. The number of aromatic nitrogens is 1. The lowest BCUT2D eigenvalue weighted by Gasteiger charge is -2.38. The molecule has 1 aromatic rings.